The van der Waals surface area contributed by atoms with E-state index in [9.17, 15) is 0 Å². The number of benzene rings is 4. The molecule has 0 aliphatic carbocycles. The second-order valence-corrected chi connectivity index (χ2v) is 9.03. The van der Waals surface area contributed by atoms with Crippen LogP contribution in [-0.2, 0) is 4.74 Å². The van der Waals surface area contributed by atoms with Gasteiger partial charge in [-0.2, -0.15) is 0 Å². The lowest BCUT2D eigenvalue weighted by Crippen LogP contribution is -2.38. The van der Waals surface area contributed by atoms with E-state index in [1.54, 1.807) is 0 Å². The molecule has 3 heteroatoms. The van der Waals surface area contributed by atoms with Crippen LogP contribution in [0.25, 0.3) is 11.1 Å². The lowest BCUT2D eigenvalue weighted by atomic mass is 9.85. The lowest BCUT2D eigenvalue weighted by Gasteiger charge is -2.26. The highest BCUT2D eigenvalue weighted by Crippen LogP contribution is 2.37. The fraction of sp³-hybridized carbons (Fsp3) is 0.176. The summed E-state index contributed by atoms with van der Waals surface area (Å²) in [4.78, 5) is 2.38. The number of ether oxygens (including phenoxy) is 2. The SMILES string of the molecule is C#Cc1ccc(/C(=C(/c2ccccc2)c2ccc(OCCN3CCOCC3)cc2)c2ccccc2)cc1. The van der Waals surface area contributed by atoms with Crippen molar-refractivity contribution in [3.8, 4) is 18.1 Å². The minimum atomic E-state index is 0.664. The Kier molecular flexibility index (Phi) is 8.13. The molecule has 1 aliphatic rings. The highest BCUT2D eigenvalue weighted by Gasteiger charge is 2.16. The molecule has 1 saturated heterocycles. The van der Waals surface area contributed by atoms with Crippen LogP contribution in [0.15, 0.2) is 109 Å². The quantitative estimate of drug-likeness (QED) is 0.213. The summed E-state index contributed by atoms with van der Waals surface area (Å²) in [7, 11) is 0. The van der Waals surface area contributed by atoms with Gasteiger partial charge in [0, 0.05) is 25.2 Å². The lowest BCUT2D eigenvalue weighted by molar-refractivity contribution is 0.0322. The van der Waals surface area contributed by atoms with Crippen molar-refractivity contribution >= 4 is 11.1 Å². The summed E-state index contributed by atoms with van der Waals surface area (Å²) < 4.78 is 11.5. The molecular weight excluding hydrogens is 454 g/mol. The molecule has 0 radical (unpaired) electrons. The van der Waals surface area contributed by atoms with E-state index in [4.69, 9.17) is 15.9 Å². The molecule has 0 amide bonds. The largest absolute Gasteiger partial charge is 0.492 e. The predicted octanol–water partition coefficient (Wildman–Crippen LogP) is 6.39. The van der Waals surface area contributed by atoms with Gasteiger partial charge in [-0.15, -0.1) is 6.42 Å². The number of rotatable bonds is 8. The second kappa shape index (κ2) is 12.2. The maximum atomic E-state index is 6.09. The number of hydrogen-bond donors (Lipinski definition) is 0. The topological polar surface area (TPSA) is 21.7 Å². The molecule has 4 aromatic rings. The van der Waals surface area contributed by atoms with Crippen molar-refractivity contribution in [3.63, 3.8) is 0 Å². The van der Waals surface area contributed by atoms with E-state index in [0.717, 1.165) is 72.0 Å². The van der Waals surface area contributed by atoms with Gasteiger partial charge in [0.15, 0.2) is 0 Å². The first-order valence-corrected chi connectivity index (χ1v) is 12.8. The van der Waals surface area contributed by atoms with Crippen molar-refractivity contribution in [1.29, 1.82) is 0 Å². The molecule has 0 N–H and O–H groups in total. The first-order valence-electron chi connectivity index (χ1n) is 12.8. The highest BCUT2D eigenvalue weighted by atomic mass is 16.5. The number of morpholine rings is 1. The summed E-state index contributed by atoms with van der Waals surface area (Å²) in [5.41, 5.74) is 7.76. The van der Waals surface area contributed by atoms with Crippen LogP contribution in [0.5, 0.6) is 5.75 Å². The smallest absolute Gasteiger partial charge is 0.119 e. The zero-order chi connectivity index (χ0) is 25.3. The van der Waals surface area contributed by atoms with E-state index in [0.29, 0.717) is 6.61 Å². The number of nitrogens with zero attached hydrogens (tertiary/aromatic N) is 1. The van der Waals surface area contributed by atoms with E-state index >= 15 is 0 Å². The summed E-state index contributed by atoms with van der Waals surface area (Å²) in [5, 5.41) is 0. The second-order valence-electron chi connectivity index (χ2n) is 9.03. The minimum absolute atomic E-state index is 0.664. The summed E-state index contributed by atoms with van der Waals surface area (Å²) >= 11 is 0. The van der Waals surface area contributed by atoms with Crippen molar-refractivity contribution < 1.29 is 9.47 Å². The molecular formula is C34H31NO2. The Labute approximate surface area is 220 Å². The van der Waals surface area contributed by atoms with Crippen LogP contribution in [0.4, 0.5) is 0 Å². The Morgan fingerprint density at radius 3 is 1.68 bits per heavy atom. The predicted molar refractivity (Wildman–Crippen MR) is 151 cm³/mol. The summed E-state index contributed by atoms with van der Waals surface area (Å²) in [6, 6.07) is 37.8. The molecule has 0 bridgehead atoms. The Bertz CT molecular complexity index is 1350. The van der Waals surface area contributed by atoms with Gasteiger partial charge in [0.25, 0.3) is 0 Å². The molecule has 0 spiro atoms. The highest BCUT2D eigenvalue weighted by molar-refractivity contribution is 6.04. The Hall–Kier alpha value is -4.10. The maximum absolute atomic E-state index is 6.09. The first kappa shape index (κ1) is 24.6. The molecule has 0 atom stereocenters. The first-order chi connectivity index (χ1) is 18.3. The third-order valence-electron chi connectivity index (χ3n) is 6.64. The third kappa shape index (κ3) is 6.19. The van der Waals surface area contributed by atoms with Gasteiger partial charge >= 0.3 is 0 Å². The molecule has 1 heterocycles. The molecule has 0 unspecified atom stereocenters. The number of terminal acetylenes is 1. The maximum Gasteiger partial charge on any atom is 0.119 e. The van der Waals surface area contributed by atoms with E-state index in [-0.39, 0.29) is 0 Å². The summed E-state index contributed by atoms with van der Waals surface area (Å²) in [5.74, 6) is 3.61. The Morgan fingerprint density at radius 2 is 1.16 bits per heavy atom. The zero-order valence-electron chi connectivity index (χ0n) is 21.0. The molecule has 184 valence electrons. The molecule has 1 aliphatic heterocycles. The average molecular weight is 486 g/mol. The van der Waals surface area contributed by atoms with Crippen LogP contribution in [0.2, 0.25) is 0 Å². The molecule has 1 fully saturated rings. The van der Waals surface area contributed by atoms with Gasteiger partial charge < -0.3 is 9.47 Å². The zero-order valence-corrected chi connectivity index (χ0v) is 21.0. The Balaban J connectivity index is 1.52. The normalized spacial score (nSPS) is 14.5. The summed E-state index contributed by atoms with van der Waals surface area (Å²) in [6.45, 7) is 5.12. The van der Waals surface area contributed by atoms with Crippen molar-refractivity contribution in [1.82, 2.24) is 4.90 Å². The van der Waals surface area contributed by atoms with Crippen molar-refractivity contribution in [2.24, 2.45) is 0 Å². The van der Waals surface area contributed by atoms with Gasteiger partial charge in [0.1, 0.15) is 12.4 Å². The van der Waals surface area contributed by atoms with Crippen LogP contribution in [0, 0.1) is 12.3 Å². The van der Waals surface area contributed by atoms with Gasteiger partial charge in [-0.1, -0.05) is 90.8 Å². The number of hydrogen-bond acceptors (Lipinski definition) is 3. The van der Waals surface area contributed by atoms with Crippen molar-refractivity contribution in [2.75, 3.05) is 39.5 Å². The fourth-order valence-electron chi connectivity index (χ4n) is 4.69. The van der Waals surface area contributed by atoms with Crippen molar-refractivity contribution in [3.05, 3.63) is 137 Å². The van der Waals surface area contributed by atoms with Crippen LogP contribution in [0.3, 0.4) is 0 Å². The van der Waals surface area contributed by atoms with E-state index < -0.39 is 0 Å². The molecule has 3 nitrogen and oxygen atoms in total. The van der Waals surface area contributed by atoms with Gasteiger partial charge in [-0.25, -0.2) is 0 Å². The van der Waals surface area contributed by atoms with Crippen LogP contribution >= 0.6 is 0 Å². The van der Waals surface area contributed by atoms with Gasteiger partial charge in [-0.05, 0) is 57.7 Å². The molecule has 5 rings (SSSR count). The molecule has 0 saturated carbocycles. The Morgan fingerprint density at radius 1 is 0.676 bits per heavy atom. The average Bonchev–Trinajstić information content (AvgIpc) is 2.98. The van der Waals surface area contributed by atoms with E-state index in [1.807, 2.05) is 18.2 Å². The molecule has 37 heavy (non-hydrogen) atoms. The van der Waals surface area contributed by atoms with Crippen LogP contribution < -0.4 is 4.74 Å². The van der Waals surface area contributed by atoms with E-state index in [2.05, 4.69) is 102 Å². The van der Waals surface area contributed by atoms with Gasteiger partial charge in [-0.3, -0.25) is 4.90 Å². The van der Waals surface area contributed by atoms with Crippen molar-refractivity contribution in [2.45, 2.75) is 0 Å². The third-order valence-corrected chi connectivity index (χ3v) is 6.64. The van der Waals surface area contributed by atoms with E-state index in [1.165, 1.54) is 5.57 Å². The van der Waals surface area contributed by atoms with Crippen LogP contribution in [0.1, 0.15) is 27.8 Å². The fourth-order valence-corrected chi connectivity index (χ4v) is 4.69. The molecule has 0 aromatic heterocycles. The molecule has 4 aromatic carbocycles. The van der Waals surface area contributed by atoms with Crippen LogP contribution in [-0.4, -0.2) is 44.4 Å². The van der Waals surface area contributed by atoms with Gasteiger partial charge in [0.2, 0.25) is 0 Å². The minimum Gasteiger partial charge on any atom is -0.492 e. The van der Waals surface area contributed by atoms with Gasteiger partial charge in [0.05, 0.1) is 13.2 Å². The summed E-state index contributed by atoms with van der Waals surface area (Å²) in [6.07, 6.45) is 5.64. The standard InChI is InChI=1S/C34H31NO2/c1-2-27-13-15-30(16-14-27)33(28-9-5-3-6-10-28)34(29-11-7-4-8-12-29)31-17-19-32(20-18-31)37-26-23-35-21-24-36-25-22-35/h1,3-20H,21-26H2/b34-33-. The monoisotopic (exact) mass is 485 g/mol.